The van der Waals surface area contributed by atoms with Crippen LogP contribution in [-0.2, 0) is 15.9 Å². The third kappa shape index (κ3) is 6.08. The average Bonchev–Trinajstić information content (AvgIpc) is 2.77. The zero-order valence-electron chi connectivity index (χ0n) is 20.3. The predicted molar refractivity (Wildman–Crippen MR) is 132 cm³/mol. The topological polar surface area (TPSA) is 83.4 Å². The molecule has 1 aliphatic heterocycles. The highest BCUT2D eigenvalue weighted by Gasteiger charge is 2.46. The highest BCUT2D eigenvalue weighted by atomic mass is 28.4. The molecule has 0 unspecified atom stereocenters. The van der Waals surface area contributed by atoms with Crippen molar-refractivity contribution in [3.63, 3.8) is 0 Å². The number of guanidine groups is 1. The quantitative estimate of drug-likeness (QED) is 0.616. The fraction of sp³-hybridized carbons (Fsp3) is 0.440. The van der Waals surface area contributed by atoms with Gasteiger partial charge in [0.25, 0.3) is 5.91 Å². The van der Waals surface area contributed by atoms with Crippen molar-refractivity contribution in [3.8, 4) is 0 Å². The Balaban J connectivity index is 1.87. The van der Waals surface area contributed by atoms with E-state index in [4.69, 9.17) is 9.26 Å². The van der Waals surface area contributed by atoms with Crippen LogP contribution < -0.4 is 5.32 Å². The van der Waals surface area contributed by atoms with Gasteiger partial charge in [0.1, 0.15) is 12.7 Å². The Morgan fingerprint density at radius 2 is 1.67 bits per heavy atom. The van der Waals surface area contributed by atoms with Gasteiger partial charge in [-0.25, -0.2) is 4.99 Å². The van der Waals surface area contributed by atoms with Gasteiger partial charge in [-0.05, 0) is 42.8 Å². The molecule has 2 aromatic carbocycles. The van der Waals surface area contributed by atoms with E-state index >= 15 is 0 Å². The third-order valence-electron chi connectivity index (χ3n) is 6.26. The van der Waals surface area contributed by atoms with Crippen LogP contribution in [0.5, 0.6) is 0 Å². The lowest BCUT2D eigenvalue weighted by Gasteiger charge is -2.45. The van der Waals surface area contributed by atoms with Gasteiger partial charge < -0.3 is 9.53 Å². The van der Waals surface area contributed by atoms with E-state index < -0.39 is 20.6 Å². The summed E-state index contributed by atoms with van der Waals surface area (Å²) >= 11 is 0. The molecule has 3 rings (SSSR count). The number of amides is 1. The van der Waals surface area contributed by atoms with Crippen LogP contribution in [0, 0.1) is 0 Å². The fourth-order valence-corrected chi connectivity index (χ4v) is 4.57. The van der Waals surface area contributed by atoms with Gasteiger partial charge in [-0.1, -0.05) is 69.3 Å². The Hall–Kier alpha value is -2.52. The maximum atomic E-state index is 12.8. The average molecular weight is 470 g/mol. The summed E-state index contributed by atoms with van der Waals surface area (Å²) in [6, 6.07) is 18.1. The second-order valence-electron chi connectivity index (χ2n) is 9.85. The van der Waals surface area contributed by atoms with Gasteiger partial charge in [0.2, 0.25) is 5.96 Å². The Morgan fingerprint density at radius 1 is 1.09 bits per heavy atom. The normalized spacial score (nSPS) is 21.5. The monoisotopic (exact) mass is 469 g/mol. The number of aliphatic hydroxyl groups is 1. The Bertz CT molecular complexity index is 961. The number of rotatable bonds is 6. The lowest BCUT2D eigenvalue weighted by Crippen LogP contribution is -2.62. The molecule has 0 bridgehead atoms. The van der Waals surface area contributed by atoms with Crippen molar-refractivity contribution in [1.82, 2.24) is 10.4 Å². The molecule has 8 heteroatoms. The van der Waals surface area contributed by atoms with Crippen LogP contribution in [-0.4, -0.2) is 48.7 Å². The van der Waals surface area contributed by atoms with Crippen LogP contribution in [0.4, 0.5) is 0 Å². The van der Waals surface area contributed by atoms with Crippen molar-refractivity contribution in [2.75, 3.05) is 0 Å². The van der Waals surface area contributed by atoms with Crippen LogP contribution in [0.1, 0.15) is 43.6 Å². The van der Waals surface area contributed by atoms with E-state index in [2.05, 4.69) is 44.2 Å². The zero-order chi connectivity index (χ0) is 24.2. The molecule has 7 nitrogen and oxygen atoms in total. The van der Waals surface area contributed by atoms with E-state index in [0.29, 0.717) is 5.56 Å². The molecular weight excluding hydrogens is 434 g/mol. The predicted octanol–water partition coefficient (Wildman–Crippen LogP) is 4.32. The van der Waals surface area contributed by atoms with Crippen LogP contribution >= 0.6 is 0 Å². The Morgan fingerprint density at radius 3 is 2.24 bits per heavy atom. The molecule has 0 radical (unpaired) electrons. The van der Waals surface area contributed by atoms with Crippen LogP contribution in [0.2, 0.25) is 18.1 Å². The molecule has 178 valence electrons. The number of hydroxylamine groups is 2. The van der Waals surface area contributed by atoms with Crippen molar-refractivity contribution in [2.24, 2.45) is 4.99 Å². The fourth-order valence-electron chi connectivity index (χ4n) is 3.21. The summed E-state index contributed by atoms with van der Waals surface area (Å²) in [6.45, 7) is 12.8. The summed E-state index contributed by atoms with van der Waals surface area (Å²) in [5.41, 5.74) is 1.42. The van der Waals surface area contributed by atoms with Crippen molar-refractivity contribution < 1.29 is 19.2 Å². The maximum Gasteiger partial charge on any atom is 0.258 e. The van der Waals surface area contributed by atoms with Crippen molar-refractivity contribution >= 4 is 20.2 Å². The Kier molecular flexibility index (Phi) is 7.74. The van der Waals surface area contributed by atoms with Crippen molar-refractivity contribution in [3.05, 3.63) is 71.8 Å². The minimum absolute atomic E-state index is 0.0340. The molecule has 0 aliphatic carbocycles. The number of nitrogens with zero attached hydrogens (tertiary/aromatic N) is 2. The zero-order valence-corrected chi connectivity index (χ0v) is 21.3. The summed E-state index contributed by atoms with van der Waals surface area (Å²) in [6.07, 6.45) is -1.74. The summed E-state index contributed by atoms with van der Waals surface area (Å²) < 4.78 is 6.54. The number of hydrogen-bond donors (Lipinski definition) is 2. The standard InChI is InChI=1S/C25H35N3O4Si/c1-18-21(32-33(5,6)25(2,3)4)23(30)28(31-17-19-13-9-7-10-14-19)24(26-18)27-22(29)20-15-11-8-12-16-20/h7-16,18,21,23,30H,17H2,1-6H3,(H,26,27,29)/t18-,21+,23-/m1/s1. The largest absolute Gasteiger partial charge is 0.407 e. The first kappa shape index (κ1) is 25.1. The van der Waals surface area contributed by atoms with E-state index in [9.17, 15) is 9.90 Å². The molecule has 0 saturated carbocycles. The first-order valence-electron chi connectivity index (χ1n) is 11.3. The van der Waals surface area contributed by atoms with E-state index in [1.54, 1.807) is 24.3 Å². The first-order chi connectivity index (χ1) is 15.5. The number of hydrogen-bond acceptors (Lipinski definition) is 6. The summed E-state index contributed by atoms with van der Waals surface area (Å²) in [5.74, 6) is -0.166. The van der Waals surface area contributed by atoms with Crippen LogP contribution in [0.3, 0.4) is 0 Å². The number of carbonyl (C=O) groups excluding carboxylic acids is 1. The van der Waals surface area contributed by atoms with Gasteiger partial charge >= 0.3 is 0 Å². The first-order valence-corrected chi connectivity index (χ1v) is 14.2. The smallest absolute Gasteiger partial charge is 0.258 e. The van der Waals surface area contributed by atoms with Crippen LogP contribution in [0.25, 0.3) is 0 Å². The molecule has 0 aromatic heterocycles. The SMILES string of the molecule is C[C@H]1N=C(NC(=O)c2ccccc2)N(OCc2ccccc2)[C@H](O)[C@H]1O[Si](C)(C)C(C)(C)C. The van der Waals surface area contributed by atoms with Gasteiger partial charge in [0.15, 0.2) is 14.5 Å². The number of nitrogens with one attached hydrogen (secondary N) is 1. The van der Waals surface area contributed by atoms with Crippen molar-refractivity contribution in [2.45, 2.75) is 70.8 Å². The van der Waals surface area contributed by atoms with Crippen LogP contribution in [0.15, 0.2) is 65.7 Å². The van der Waals surface area contributed by atoms with Gasteiger partial charge in [0, 0.05) is 5.56 Å². The molecular formula is C25H35N3O4Si. The van der Waals surface area contributed by atoms with Gasteiger partial charge in [-0.15, -0.1) is 0 Å². The minimum Gasteiger partial charge on any atom is -0.407 e. The highest BCUT2D eigenvalue weighted by Crippen LogP contribution is 2.39. The Labute approximate surface area is 197 Å². The molecule has 1 amide bonds. The molecule has 1 heterocycles. The molecule has 0 saturated heterocycles. The third-order valence-corrected chi connectivity index (χ3v) is 10.7. The number of aliphatic imine (C=N–C) groups is 1. The molecule has 2 aromatic rings. The van der Waals surface area contributed by atoms with Gasteiger partial charge in [-0.3, -0.25) is 14.9 Å². The molecule has 0 spiro atoms. The molecule has 1 aliphatic rings. The molecule has 0 fully saturated rings. The van der Waals surface area contributed by atoms with E-state index in [0.717, 1.165) is 5.56 Å². The van der Waals surface area contributed by atoms with Crippen molar-refractivity contribution in [1.29, 1.82) is 0 Å². The number of benzene rings is 2. The number of carbonyl (C=O) groups is 1. The summed E-state index contributed by atoms with van der Waals surface area (Å²) in [5, 5.41) is 15.4. The molecule has 33 heavy (non-hydrogen) atoms. The van der Waals surface area contributed by atoms with E-state index in [-0.39, 0.29) is 29.6 Å². The molecule has 2 N–H and O–H groups in total. The number of aliphatic hydroxyl groups excluding tert-OH is 1. The van der Waals surface area contributed by atoms with Gasteiger partial charge in [0.05, 0.1) is 6.04 Å². The second-order valence-corrected chi connectivity index (χ2v) is 14.6. The lowest BCUT2D eigenvalue weighted by molar-refractivity contribution is -0.230. The second kappa shape index (κ2) is 10.2. The summed E-state index contributed by atoms with van der Waals surface area (Å²) in [4.78, 5) is 23.5. The van der Waals surface area contributed by atoms with Gasteiger partial charge in [-0.2, -0.15) is 5.06 Å². The summed E-state index contributed by atoms with van der Waals surface area (Å²) in [7, 11) is -2.20. The van der Waals surface area contributed by atoms with E-state index in [1.165, 1.54) is 5.06 Å². The highest BCUT2D eigenvalue weighted by molar-refractivity contribution is 6.74. The maximum absolute atomic E-state index is 12.8. The lowest BCUT2D eigenvalue weighted by atomic mass is 10.1. The minimum atomic E-state index is -2.20. The molecule has 3 atom stereocenters. The van der Waals surface area contributed by atoms with E-state index in [1.807, 2.05) is 43.3 Å².